The molecular weight excluding hydrogens is 362 g/mol. The fraction of sp³-hybridized carbons (Fsp3) is 0.286. The summed E-state index contributed by atoms with van der Waals surface area (Å²) >= 11 is 6.34. The van der Waals surface area contributed by atoms with Crippen molar-refractivity contribution in [1.29, 1.82) is 0 Å². The summed E-state index contributed by atoms with van der Waals surface area (Å²) in [5.74, 6) is -0.157. The lowest BCUT2D eigenvalue weighted by Crippen LogP contribution is -2.33. The highest BCUT2D eigenvalue weighted by molar-refractivity contribution is 6.39. The largest absolute Gasteiger partial charge is 0.302 e. The van der Waals surface area contributed by atoms with Crippen LogP contribution in [-0.2, 0) is 6.54 Å². The van der Waals surface area contributed by atoms with Crippen LogP contribution in [-0.4, -0.2) is 40.1 Å². The van der Waals surface area contributed by atoms with Gasteiger partial charge in [0.1, 0.15) is 5.69 Å². The van der Waals surface area contributed by atoms with Crippen molar-refractivity contribution < 1.29 is 4.79 Å². The molecule has 6 heteroatoms. The van der Waals surface area contributed by atoms with E-state index in [2.05, 4.69) is 23.8 Å². The van der Waals surface area contributed by atoms with Gasteiger partial charge in [0, 0.05) is 23.1 Å². The van der Waals surface area contributed by atoms with E-state index in [4.69, 9.17) is 11.6 Å². The highest BCUT2D eigenvalue weighted by Gasteiger charge is 2.29. The van der Waals surface area contributed by atoms with Crippen LogP contribution in [0.4, 0.5) is 0 Å². The molecule has 0 radical (unpaired) electrons. The van der Waals surface area contributed by atoms with Gasteiger partial charge in [-0.2, -0.15) is 5.10 Å². The summed E-state index contributed by atoms with van der Waals surface area (Å²) in [6, 6.07) is 10.7. The molecule has 1 aliphatic carbocycles. The molecule has 138 valence electrons. The Morgan fingerprint density at radius 2 is 1.74 bits per heavy atom. The van der Waals surface area contributed by atoms with Gasteiger partial charge in [-0.25, -0.2) is 4.68 Å². The van der Waals surface area contributed by atoms with Crippen LogP contribution in [0.2, 0.25) is 5.02 Å². The van der Waals surface area contributed by atoms with Crippen LogP contribution in [0.3, 0.4) is 0 Å². The SMILES string of the molecule is CCN(CC)CCn1nc2c3c(c(Cl)ccc3c1=O)C(=O)c1ccccc1-2. The number of likely N-dealkylation sites (N-methyl/N-ethyl adjacent to an activating group) is 1. The van der Waals surface area contributed by atoms with E-state index in [1.54, 1.807) is 18.2 Å². The van der Waals surface area contributed by atoms with Gasteiger partial charge in [0.25, 0.3) is 5.56 Å². The predicted molar refractivity (Wildman–Crippen MR) is 108 cm³/mol. The maximum atomic E-state index is 13.0. The molecule has 0 saturated carbocycles. The normalized spacial score (nSPS) is 12.7. The fourth-order valence-corrected chi connectivity index (χ4v) is 3.96. The van der Waals surface area contributed by atoms with Crippen molar-refractivity contribution in [2.75, 3.05) is 19.6 Å². The van der Waals surface area contributed by atoms with Gasteiger partial charge in [0.2, 0.25) is 0 Å². The van der Waals surface area contributed by atoms with E-state index in [-0.39, 0.29) is 11.3 Å². The Kier molecular flexibility index (Phi) is 4.58. The third kappa shape index (κ3) is 2.78. The van der Waals surface area contributed by atoms with Gasteiger partial charge in [-0.15, -0.1) is 0 Å². The number of carbonyl (C=O) groups excluding carboxylic acids is 1. The molecule has 5 nitrogen and oxygen atoms in total. The average Bonchev–Trinajstić information content (AvgIpc) is 2.69. The van der Waals surface area contributed by atoms with E-state index in [0.29, 0.717) is 39.2 Å². The highest BCUT2D eigenvalue weighted by Crippen LogP contribution is 2.39. The first-order chi connectivity index (χ1) is 13.1. The molecule has 0 amide bonds. The first-order valence-electron chi connectivity index (χ1n) is 9.16. The number of halogens is 1. The molecule has 3 aromatic rings. The van der Waals surface area contributed by atoms with E-state index >= 15 is 0 Å². The van der Waals surface area contributed by atoms with Crippen molar-refractivity contribution in [3.05, 3.63) is 62.9 Å². The lowest BCUT2D eigenvalue weighted by Gasteiger charge is -2.22. The molecule has 0 bridgehead atoms. The number of rotatable bonds is 5. The number of fused-ring (bicyclic) bond motifs is 2. The van der Waals surface area contributed by atoms with Gasteiger partial charge in [-0.1, -0.05) is 49.7 Å². The molecule has 0 saturated heterocycles. The fourth-order valence-electron chi connectivity index (χ4n) is 3.72. The van der Waals surface area contributed by atoms with Crippen LogP contribution in [0.5, 0.6) is 0 Å². The second kappa shape index (κ2) is 6.91. The Morgan fingerprint density at radius 1 is 1.04 bits per heavy atom. The monoisotopic (exact) mass is 381 g/mol. The molecule has 4 rings (SSSR count). The lowest BCUT2D eigenvalue weighted by atomic mass is 9.86. The zero-order valence-electron chi connectivity index (χ0n) is 15.3. The molecule has 1 aromatic heterocycles. The first kappa shape index (κ1) is 17.9. The topological polar surface area (TPSA) is 55.2 Å². The van der Waals surface area contributed by atoms with Gasteiger partial charge < -0.3 is 4.90 Å². The van der Waals surface area contributed by atoms with Crippen LogP contribution >= 0.6 is 11.6 Å². The minimum atomic E-state index is -0.189. The first-order valence-corrected chi connectivity index (χ1v) is 9.54. The molecular formula is C21H20ClN3O2. The van der Waals surface area contributed by atoms with Gasteiger partial charge in [-0.3, -0.25) is 9.59 Å². The van der Waals surface area contributed by atoms with Crippen LogP contribution in [0.15, 0.2) is 41.2 Å². The number of nitrogens with zero attached hydrogens (tertiary/aromatic N) is 3. The minimum absolute atomic E-state index is 0.157. The summed E-state index contributed by atoms with van der Waals surface area (Å²) < 4.78 is 1.51. The summed E-state index contributed by atoms with van der Waals surface area (Å²) in [5, 5.41) is 6.06. The van der Waals surface area contributed by atoms with Crippen molar-refractivity contribution in [3.63, 3.8) is 0 Å². The maximum absolute atomic E-state index is 13.0. The third-order valence-electron chi connectivity index (χ3n) is 5.25. The summed E-state index contributed by atoms with van der Waals surface area (Å²) in [6.45, 7) is 7.27. The Labute approximate surface area is 162 Å². The van der Waals surface area contributed by atoms with Crippen LogP contribution in [0.25, 0.3) is 22.0 Å². The van der Waals surface area contributed by atoms with Crippen molar-refractivity contribution in [2.24, 2.45) is 0 Å². The number of hydrogen-bond donors (Lipinski definition) is 0. The molecule has 1 heterocycles. The second-order valence-corrected chi connectivity index (χ2v) is 7.03. The molecule has 2 aromatic carbocycles. The van der Waals surface area contributed by atoms with E-state index in [1.165, 1.54) is 4.68 Å². The number of benzene rings is 2. The van der Waals surface area contributed by atoms with E-state index in [9.17, 15) is 9.59 Å². The lowest BCUT2D eigenvalue weighted by molar-refractivity contribution is 0.104. The number of aromatic nitrogens is 2. The average molecular weight is 382 g/mol. The highest BCUT2D eigenvalue weighted by atomic mass is 35.5. The zero-order chi connectivity index (χ0) is 19.1. The zero-order valence-corrected chi connectivity index (χ0v) is 16.1. The molecule has 0 unspecified atom stereocenters. The van der Waals surface area contributed by atoms with E-state index < -0.39 is 0 Å². The number of carbonyl (C=O) groups is 1. The Balaban J connectivity index is 1.98. The van der Waals surface area contributed by atoms with E-state index in [1.807, 2.05) is 18.2 Å². The maximum Gasteiger partial charge on any atom is 0.274 e. The molecule has 0 aliphatic heterocycles. The van der Waals surface area contributed by atoms with Crippen LogP contribution in [0.1, 0.15) is 29.8 Å². The summed E-state index contributed by atoms with van der Waals surface area (Å²) in [5.41, 5.74) is 2.16. The second-order valence-electron chi connectivity index (χ2n) is 6.62. The number of hydrogen-bond acceptors (Lipinski definition) is 4. The summed E-state index contributed by atoms with van der Waals surface area (Å²) in [4.78, 5) is 28.2. The van der Waals surface area contributed by atoms with Crippen molar-refractivity contribution >= 4 is 28.2 Å². The third-order valence-corrected chi connectivity index (χ3v) is 5.57. The molecule has 0 fully saturated rings. The molecule has 1 aliphatic rings. The molecule has 0 spiro atoms. The predicted octanol–water partition coefficient (Wildman–Crippen LogP) is 3.60. The minimum Gasteiger partial charge on any atom is -0.302 e. The quantitative estimate of drug-likeness (QED) is 0.530. The Morgan fingerprint density at radius 3 is 2.44 bits per heavy atom. The number of ketones is 1. The van der Waals surface area contributed by atoms with Gasteiger partial charge >= 0.3 is 0 Å². The Bertz CT molecular complexity index is 1120. The van der Waals surface area contributed by atoms with Crippen LogP contribution < -0.4 is 5.56 Å². The smallest absolute Gasteiger partial charge is 0.274 e. The summed E-state index contributed by atoms with van der Waals surface area (Å²) in [7, 11) is 0. The van der Waals surface area contributed by atoms with Gasteiger partial charge in [0.05, 0.1) is 22.5 Å². The van der Waals surface area contributed by atoms with Crippen molar-refractivity contribution in [3.8, 4) is 11.3 Å². The molecule has 27 heavy (non-hydrogen) atoms. The van der Waals surface area contributed by atoms with Gasteiger partial charge in [-0.05, 0) is 25.2 Å². The van der Waals surface area contributed by atoms with Crippen molar-refractivity contribution in [2.45, 2.75) is 20.4 Å². The van der Waals surface area contributed by atoms with Gasteiger partial charge in [0.15, 0.2) is 5.78 Å². The standard InChI is InChI=1S/C21H20ClN3O2/c1-3-24(4-2)11-12-25-21(27)15-9-10-16(22)18-17(15)19(23-25)13-7-5-6-8-14(13)20(18)26/h5-10H,3-4,11-12H2,1-2H3. The Hall–Kier alpha value is -2.50. The summed E-state index contributed by atoms with van der Waals surface area (Å²) in [6.07, 6.45) is 0. The van der Waals surface area contributed by atoms with Crippen molar-refractivity contribution in [1.82, 2.24) is 14.7 Å². The van der Waals surface area contributed by atoms with E-state index in [0.717, 1.165) is 25.2 Å². The molecule has 0 atom stereocenters. The van der Waals surface area contributed by atoms with Crippen LogP contribution in [0, 0.1) is 0 Å². The molecule has 0 N–H and O–H groups in total.